The zero-order valence-corrected chi connectivity index (χ0v) is 12.7. The number of amides is 1. The highest BCUT2D eigenvalue weighted by atomic mass is 16.6. The minimum Gasteiger partial charge on any atom is -0.493 e. The zero-order chi connectivity index (χ0) is 17.0. The lowest BCUT2D eigenvalue weighted by Crippen LogP contribution is -2.14. The van der Waals surface area contributed by atoms with Gasteiger partial charge in [0.05, 0.1) is 19.1 Å². The number of rotatable bonds is 6. The highest BCUT2D eigenvalue weighted by Crippen LogP contribution is 2.29. The highest BCUT2D eigenvalue weighted by Gasteiger charge is 2.15. The number of carbonyl (C=O) groups is 1. The van der Waals surface area contributed by atoms with Crippen LogP contribution in [-0.2, 0) is 6.42 Å². The normalized spacial score (nSPS) is 10.2. The minimum atomic E-state index is -0.704. The van der Waals surface area contributed by atoms with Crippen LogP contribution < -0.4 is 15.2 Å². The molecule has 0 spiro atoms. The Morgan fingerprint density at radius 2 is 1.83 bits per heavy atom. The number of primary amides is 1. The summed E-state index contributed by atoms with van der Waals surface area (Å²) in [6.45, 7) is 0. The second-order valence-corrected chi connectivity index (χ2v) is 4.83. The monoisotopic (exact) mass is 316 g/mol. The van der Waals surface area contributed by atoms with Crippen molar-refractivity contribution in [2.24, 2.45) is 5.73 Å². The number of hydrogen-bond donors (Lipinski definition) is 1. The van der Waals surface area contributed by atoms with Gasteiger partial charge in [-0.1, -0.05) is 12.1 Å². The molecule has 0 radical (unpaired) electrons. The molecule has 0 atom stereocenters. The molecular weight excluding hydrogens is 300 g/mol. The Morgan fingerprint density at radius 1 is 1.13 bits per heavy atom. The fourth-order valence-corrected chi connectivity index (χ4v) is 2.27. The molecule has 0 aliphatic rings. The van der Waals surface area contributed by atoms with Crippen LogP contribution in [0.1, 0.15) is 21.5 Å². The number of nitro groups is 1. The Morgan fingerprint density at radius 3 is 2.39 bits per heavy atom. The average Bonchev–Trinajstić information content (AvgIpc) is 2.54. The van der Waals surface area contributed by atoms with E-state index in [1.54, 1.807) is 19.2 Å². The number of benzene rings is 2. The van der Waals surface area contributed by atoms with Gasteiger partial charge in [-0.3, -0.25) is 14.9 Å². The molecule has 23 heavy (non-hydrogen) atoms. The maximum Gasteiger partial charge on any atom is 0.270 e. The molecule has 1 amide bonds. The fourth-order valence-electron chi connectivity index (χ4n) is 2.27. The second-order valence-electron chi connectivity index (χ2n) is 4.83. The first-order valence-electron chi connectivity index (χ1n) is 6.74. The summed E-state index contributed by atoms with van der Waals surface area (Å²) in [6, 6.07) is 9.44. The standard InChI is InChI=1S/C16H16N2O5/c1-22-14-6-3-10(8-15(14)23-2)7-11-4-5-12(18(20)21)9-13(11)16(17)19/h3-6,8-9H,7H2,1-2H3,(H2,17,19). The van der Waals surface area contributed by atoms with Gasteiger partial charge in [-0.25, -0.2) is 0 Å². The lowest BCUT2D eigenvalue weighted by Gasteiger charge is -2.11. The van der Waals surface area contributed by atoms with Gasteiger partial charge in [0.15, 0.2) is 11.5 Å². The molecule has 2 aromatic carbocycles. The van der Waals surface area contributed by atoms with E-state index in [-0.39, 0.29) is 11.3 Å². The van der Waals surface area contributed by atoms with Crippen LogP contribution >= 0.6 is 0 Å². The van der Waals surface area contributed by atoms with Crippen molar-refractivity contribution in [3.8, 4) is 11.5 Å². The van der Waals surface area contributed by atoms with Crippen molar-refractivity contribution in [1.82, 2.24) is 0 Å². The largest absolute Gasteiger partial charge is 0.493 e. The summed E-state index contributed by atoms with van der Waals surface area (Å²) < 4.78 is 10.4. The smallest absolute Gasteiger partial charge is 0.270 e. The number of carbonyl (C=O) groups excluding carboxylic acids is 1. The molecule has 0 heterocycles. The zero-order valence-electron chi connectivity index (χ0n) is 12.7. The molecule has 0 saturated heterocycles. The van der Waals surface area contributed by atoms with Crippen LogP contribution in [0.25, 0.3) is 0 Å². The van der Waals surface area contributed by atoms with Crippen molar-refractivity contribution in [2.45, 2.75) is 6.42 Å². The van der Waals surface area contributed by atoms with Crippen LogP contribution in [0.5, 0.6) is 11.5 Å². The van der Waals surface area contributed by atoms with Crippen LogP contribution in [0.3, 0.4) is 0 Å². The number of hydrogen-bond acceptors (Lipinski definition) is 5. The molecule has 0 saturated carbocycles. The van der Waals surface area contributed by atoms with Crippen molar-refractivity contribution >= 4 is 11.6 Å². The molecule has 120 valence electrons. The van der Waals surface area contributed by atoms with Gasteiger partial charge in [0, 0.05) is 17.7 Å². The van der Waals surface area contributed by atoms with Gasteiger partial charge < -0.3 is 15.2 Å². The molecule has 2 N–H and O–H groups in total. The summed E-state index contributed by atoms with van der Waals surface area (Å²) >= 11 is 0. The van der Waals surface area contributed by atoms with Crippen molar-refractivity contribution in [1.29, 1.82) is 0 Å². The Bertz CT molecular complexity index is 758. The van der Waals surface area contributed by atoms with Gasteiger partial charge in [0.1, 0.15) is 0 Å². The van der Waals surface area contributed by atoms with Crippen LogP contribution in [0, 0.1) is 10.1 Å². The quantitative estimate of drug-likeness (QED) is 0.650. The third-order valence-corrected chi connectivity index (χ3v) is 3.41. The van der Waals surface area contributed by atoms with Crippen molar-refractivity contribution < 1.29 is 19.2 Å². The van der Waals surface area contributed by atoms with E-state index in [4.69, 9.17) is 15.2 Å². The molecule has 0 aliphatic heterocycles. The second kappa shape index (κ2) is 6.78. The first-order chi connectivity index (χ1) is 11.0. The summed E-state index contributed by atoms with van der Waals surface area (Å²) in [5.74, 6) is 0.451. The molecule has 0 aliphatic carbocycles. The molecule has 0 fully saturated rings. The predicted octanol–water partition coefficient (Wildman–Crippen LogP) is 2.30. The summed E-state index contributed by atoms with van der Waals surface area (Å²) in [7, 11) is 3.07. The lowest BCUT2D eigenvalue weighted by atomic mass is 9.98. The van der Waals surface area contributed by atoms with E-state index in [0.29, 0.717) is 23.5 Å². The lowest BCUT2D eigenvalue weighted by molar-refractivity contribution is -0.384. The first-order valence-corrected chi connectivity index (χ1v) is 6.74. The van der Waals surface area contributed by atoms with Gasteiger partial charge in [0.2, 0.25) is 5.91 Å². The Balaban J connectivity index is 2.40. The topological polar surface area (TPSA) is 105 Å². The SMILES string of the molecule is COc1ccc(Cc2ccc([N+](=O)[O-])cc2C(N)=O)cc1OC. The molecule has 0 bridgehead atoms. The van der Waals surface area contributed by atoms with E-state index in [9.17, 15) is 14.9 Å². The van der Waals surface area contributed by atoms with Gasteiger partial charge in [-0.05, 0) is 29.7 Å². The third kappa shape index (κ3) is 3.57. The summed E-state index contributed by atoms with van der Waals surface area (Å²) in [4.78, 5) is 21.8. The Kier molecular flexibility index (Phi) is 4.80. The number of nitrogens with two attached hydrogens (primary N) is 1. The van der Waals surface area contributed by atoms with E-state index < -0.39 is 10.8 Å². The number of nitrogens with zero attached hydrogens (tertiary/aromatic N) is 1. The van der Waals surface area contributed by atoms with Crippen molar-refractivity contribution in [2.75, 3.05) is 14.2 Å². The van der Waals surface area contributed by atoms with E-state index in [1.165, 1.54) is 25.3 Å². The van der Waals surface area contributed by atoms with Crippen LogP contribution in [0.4, 0.5) is 5.69 Å². The number of methoxy groups -OCH3 is 2. The van der Waals surface area contributed by atoms with Gasteiger partial charge in [-0.15, -0.1) is 0 Å². The molecular formula is C16H16N2O5. The third-order valence-electron chi connectivity index (χ3n) is 3.41. The highest BCUT2D eigenvalue weighted by molar-refractivity contribution is 5.95. The number of nitro benzene ring substituents is 1. The Labute approximate surface area is 132 Å². The summed E-state index contributed by atoms with van der Waals surface area (Å²) in [5.41, 5.74) is 6.76. The van der Waals surface area contributed by atoms with Crippen LogP contribution in [0.2, 0.25) is 0 Å². The molecule has 0 unspecified atom stereocenters. The van der Waals surface area contributed by atoms with E-state index in [2.05, 4.69) is 0 Å². The molecule has 7 nitrogen and oxygen atoms in total. The van der Waals surface area contributed by atoms with E-state index >= 15 is 0 Å². The molecule has 0 aromatic heterocycles. The number of non-ortho nitro benzene ring substituents is 1. The van der Waals surface area contributed by atoms with Crippen LogP contribution in [0.15, 0.2) is 36.4 Å². The maximum atomic E-state index is 11.6. The molecule has 7 heteroatoms. The van der Waals surface area contributed by atoms with Crippen molar-refractivity contribution in [3.63, 3.8) is 0 Å². The van der Waals surface area contributed by atoms with Crippen molar-refractivity contribution in [3.05, 3.63) is 63.2 Å². The average molecular weight is 316 g/mol. The van der Waals surface area contributed by atoms with Gasteiger partial charge >= 0.3 is 0 Å². The number of ether oxygens (including phenoxy) is 2. The Hall–Kier alpha value is -3.09. The maximum absolute atomic E-state index is 11.6. The van der Waals surface area contributed by atoms with Crippen LogP contribution in [-0.4, -0.2) is 25.1 Å². The molecule has 2 rings (SSSR count). The molecule has 2 aromatic rings. The fraction of sp³-hybridized carbons (Fsp3) is 0.188. The van der Waals surface area contributed by atoms with E-state index in [0.717, 1.165) is 5.56 Å². The summed E-state index contributed by atoms with van der Waals surface area (Å²) in [5, 5.41) is 10.8. The minimum absolute atomic E-state index is 0.133. The van der Waals surface area contributed by atoms with Gasteiger partial charge in [-0.2, -0.15) is 0 Å². The first kappa shape index (κ1) is 16.3. The van der Waals surface area contributed by atoms with E-state index in [1.807, 2.05) is 6.07 Å². The van der Waals surface area contributed by atoms with Gasteiger partial charge in [0.25, 0.3) is 5.69 Å². The summed E-state index contributed by atoms with van der Waals surface area (Å²) in [6.07, 6.45) is 0.386. The predicted molar refractivity (Wildman–Crippen MR) is 84.0 cm³/mol.